The summed E-state index contributed by atoms with van der Waals surface area (Å²) in [6, 6.07) is 5.37. The summed E-state index contributed by atoms with van der Waals surface area (Å²) >= 11 is 0. The van der Waals surface area contributed by atoms with Crippen molar-refractivity contribution in [3.63, 3.8) is 0 Å². The largest absolute Gasteiger partial charge is 0.394 e. The van der Waals surface area contributed by atoms with E-state index < -0.39 is 11.5 Å². The van der Waals surface area contributed by atoms with Gasteiger partial charge in [0.05, 0.1) is 24.4 Å². The number of carbonyl (C=O) groups is 1. The first-order chi connectivity index (χ1) is 10.4. The van der Waals surface area contributed by atoms with Crippen molar-refractivity contribution in [2.45, 2.75) is 26.0 Å². The highest BCUT2D eigenvalue weighted by Gasteiger charge is 2.50. The molecule has 1 aliphatic heterocycles. The number of nitrogens with zero attached hydrogens (tertiary/aromatic N) is 2. The molecule has 1 amide bonds. The lowest BCUT2D eigenvalue weighted by molar-refractivity contribution is -0.129. The van der Waals surface area contributed by atoms with Crippen LogP contribution in [0.3, 0.4) is 0 Å². The number of aliphatic hydroxyl groups is 2. The second-order valence-corrected chi connectivity index (χ2v) is 5.51. The third-order valence-corrected chi connectivity index (χ3v) is 3.98. The molecule has 7 heteroatoms. The van der Waals surface area contributed by atoms with E-state index >= 15 is 0 Å². The van der Waals surface area contributed by atoms with Gasteiger partial charge in [0.1, 0.15) is 5.82 Å². The molecule has 22 heavy (non-hydrogen) atoms. The number of aromatic nitrogens is 2. The van der Waals surface area contributed by atoms with E-state index in [4.69, 9.17) is 10.8 Å². The lowest BCUT2D eigenvalue weighted by atomic mass is 9.86. The number of amides is 1. The minimum atomic E-state index is -1.87. The van der Waals surface area contributed by atoms with Crippen molar-refractivity contribution in [3.8, 4) is 0 Å². The molecule has 0 spiro atoms. The average Bonchev–Trinajstić information content (AvgIpc) is 2.87. The van der Waals surface area contributed by atoms with Crippen LogP contribution >= 0.6 is 0 Å². The van der Waals surface area contributed by atoms with Crippen LogP contribution in [0.5, 0.6) is 0 Å². The van der Waals surface area contributed by atoms with Crippen LogP contribution in [0.2, 0.25) is 0 Å². The molecule has 3 rings (SSSR count). The summed E-state index contributed by atoms with van der Waals surface area (Å²) in [4.78, 5) is 12.4. The molecule has 1 aromatic carbocycles. The van der Waals surface area contributed by atoms with Gasteiger partial charge in [0.15, 0.2) is 0 Å². The first-order valence-electron chi connectivity index (χ1n) is 6.98. The van der Waals surface area contributed by atoms with E-state index in [1.807, 2.05) is 13.0 Å². The SMILES string of the molecule is Cc1ccc2c(c1)C(O)(c1c(C)nn(CCO)c1N)C(=O)N2. The lowest BCUT2D eigenvalue weighted by Gasteiger charge is -2.21. The zero-order valence-corrected chi connectivity index (χ0v) is 12.4. The van der Waals surface area contributed by atoms with Gasteiger partial charge in [-0.1, -0.05) is 17.7 Å². The Kier molecular flexibility index (Phi) is 3.19. The molecule has 1 aromatic heterocycles. The number of hydrogen-bond donors (Lipinski definition) is 4. The summed E-state index contributed by atoms with van der Waals surface area (Å²) < 4.78 is 1.39. The Morgan fingerprint density at radius 1 is 1.41 bits per heavy atom. The van der Waals surface area contributed by atoms with Crippen LogP contribution in [-0.4, -0.2) is 32.5 Å². The van der Waals surface area contributed by atoms with Crippen LogP contribution in [0, 0.1) is 13.8 Å². The van der Waals surface area contributed by atoms with E-state index in [1.54, 1.807) is 19.1 Å². The van der Waals surface area contributed by atoms with E-state index in [0.717, 1.165) is 5.56 Å². The first kappa shape index (κ1) is 14.6. The number of fused-ring (bicyclic) bond motifs is 1. The van der Waals surface area contributed by atoms with Crippen molar-refractivity contribution in [2.24, 2.45) is 0 Å². The van der Waals surface area contributed by atoms with Crippen LogP contribution < -0.4 is 11.1 Å². The van der Waals surface area contributed by atoms with E-state index in [-0.39, 0.29) is 24.5 Å². The summed E-state index contributed by atoms with van der Waals surface area (Å²) in [6.07, 6.45) is 0. The van der Waals surface area contributed by atoms with Crippen LogP contribution in [0.1, 0.15) is 22.4 Å². The minimum absolute atomic E-state index is 0.134. The Morgan fingerprint density at radius 2 is 2.14 bits per heavy atom. The van der Waals surface area contributed by atoms with Crippen molar-refractivity contribution in [3.05, 3.63) is 40.6 Å². The maximum absolute atomic E-state index is 12.4. The molecule has 0 aliphatic carbocycles. The Morgan fingerprint density at radius 3 is 2.82 bits per heavy atom. The quantitative estimate of drug-likeness (QED) is 0.649. The number of hydrogen-bond acceptors (Lipinski definition) is 5. The molecule has 1 unspecified atom stereocenters. The Labute approximate surface area is 127 Å². The fourth-order valence-electron chi connectivity index (χ4n) is 2.96. The van der Waals surface area contributed by atoms with Crippen LogP contribution in [0.4, 0.5) is 11.5 Å². The second-order valence-electron chi connectivity index (χ2n) is 5.51. The number of rotatable bonds is 3. The predicted molar refractivity (Wildman–Crippen MR) is 81.3 cm³/mol. The fraction of sp³-hybridized carbons (Fsp3) is 0.333. The maximum atomic E-state index is 12.4. The maximum Gasteiger partial charge on any atom is 0.266 e. The van der Waals surface area contributed by atoms with Crippen molar-refractivity contribution < 1.29 is 15.0 Å². The first-order valence-corrected chi connectivity index (χ1v) is 6.98. The molecule has 0 fully saturated rings. The highest BCUT2D eigenvalue weighted by molar-refractivity contribution is 6.08. The van der Waals surface area contributed by atoms with Crippen molar-refractivity contribution >= 4 is 17.4 Å². The monoisotopic (exact) mass is 302 g/mol. The summed E-state index contributed by atoms with van der Waals surface area (Å²) in [5.74, 6) is -0.370. The van der Waals surface area contributed by atoms with E-state index in [2.05, 4.69) is 10.4 Å². The highest BCUT2D eigenvalue weighted by atomic mass is 16.3. The third kappa shape index (κ3) is 1.83. The lowest BCUT2D eigenvalue weighted by Crippen LogP contribution is -2.36. The molecular weight excluding hydrogens is 284 g/mol. The topological polar surface area (TPSA) is 113 Å². The summed E-state index contributed by atoms with van der Waals surface area (Å²) in [5, 5.41) is 27.1. The number of nitrogens with two attached hydrogens (primary N) is 1. The minimum Gasteiger partial charge on any atom is -0.394 e. The van der Waals surface area contributed by atoms with Gasteiger partial charge in [-0.2, -0.15) is 5.10 Å². The van der Waals surface area contributed by atoms with Crippen molar-refractivity contribution in [1.82, 2.24) is 9.78 Å². The molecule has 0 bridgehead atoms. The standard InChI is InChI=1S/C15H18N4O3/c1-8-3-4-11-10(7-8)15(22,14(21)17-11)12-9(2)18-19(5-6-20)13(12)16/h3-4,7,20,22H,5-6,16H2,1-2H3,(H,17,21). The van der Waals surface area contributed by atoms with E-state index in [9.17, 15) is 9.90 Å². The molecule has 2 heterocycles. The van der Waals surface area contributed by atoms with Gasteiger partial charge >= 0.3 is 0 Å². The van der Waals surface area contributed by atoms with E-state index in [1.165, 1.54) is 4.68 Å². The predicted octanol–water partition coefficient (Wildman–Crippen LogP) is 0.262. The Bertz CT molecular complexity index is 768. The molecule has 1 atom stereocenters. The zero-order valence-electron chi connectivity index (χ0n) is 12.4. The van der Waals surface area contributed by atoms with Gasteiger partial charge in [-0.3, -0.25) is 4.79 Å². The molecule has 0 saturated carbocycles. The Hall–Kier alpha value is -2.38. The molecular formula is C15H18N4O3. The average molecular weight is 302 g/mol. The molecule has 1 aliphatic rings. The number of carbonyl (C=O) groups excluding carboxylic acids is 1. The van der Waals surface area contributed by atoms with Crippen LogP contribution in [0.25, 0.3) is 0 Å². The summed E-state index contributed by atoms with van der Waals surface area (Å²) in [6.45, 7) is 3.63. The van der Waals surface area contributed by atoms with Gasteiger partial charge in [-0.25, -0.2) is 4.68 Å². The number of nitrogen functional groups attached to an aromatic ring is 1. The Balaban J connectivity index is 2.24. The highest BCUT2D eigenvalue weighted by Crippen LogP contribution is 2.44. The number of benzene rings is 1. The smallest absolute Gasteiger partial charge is 0.266 e. The molecule has 0 radical (unpaired) electrons. The number of aryl methyl sites for hydroxylation is 2. The van der Waals surface area contributed by atoms with E-state index in [0.29, 0.717) is 16.9 Å². The normalized spacial score (nSPS) is 20.1. The van der Waals surface area contributed by atoms with Gasteiger partial charge in [0.25, 0.3) is 5.91 Å². The fourth-order valence-corrected chi connectivity index (χ4v) is 2.96. The molecule has 2 aromatic rings. The number of anilines is 2. The second kappa shape index (κ2) is 4.82. The number of nitrogens with one attached hydrogen (secondary N) is 1. The summed E-state index contributed by atoms with van der Waals surface area (Å²) in [5.41, 5.74) is 6.87. The van der Waals surface area contributed by atoms with Crippen molar-refractivity contribution in [1.29, 1.82) is 0 Å². The molecule has 116 valence electrons. The van der Waals surface area contributed by atoms with Gasteiger partial charge in [0.2, 0.25) is 5.60 Å². The van der Waals surface area contributed by atoms with Gasteiger partial charge in [-0.05, 0) is 19.9 Å². The zero-order chi connectivity index (χ0) is 16.1. The van der Waals surface area contributed by atoms with Crippen molar-refractivity contribution in [2.75, 3.05) is 17.7 Å². The van der Waals surface area contributed by atoms with Crippen LogP contribution in [0.15, 0.2) is 18.2 Å². The molecule has 7 nitrogen and oxygen atoms in total. The molecule has 0 saturated heterocycles. The van der Waals surface area contributed by atoms with Gasteiger partial charge in [0, 0.05) is 11.3 Å². The van der Waals surface area contributed by atoms with Gasteiger partial charge < -0.3 is 21.3 Å². The molecule has 5 N–H and O–H groups in total. The third-order valence-electron chi connectivity index (χ3n) is 3.98. The van der Waals surface area contributed by atoms with Crippen LogP contribution in [-0.2, 0) is 16.9 Å². The summed E-state index contributed by atoms with van der Waals surface area (Å²) in [7, 11) is 0. The van der Waals surface area contributed by atoms with Gasteiger partial charge in [-0.15, -0.1) is 0 Å². The number of aliphatic hydroxyl groups excluding tert-OH is 1.